The van der Waals surface area contributed by atoms with Crippen molar-refractivity contribution in [3.05, 3.63) is 41.2 Å². The molecular weight excluding hydrogens is 331 g/mol. The van der Waals surface area contributed by atoms with E-state index in [9.17, 15) is 23.1 Å². The van der Waals surface area contributed by atoms with Crippen molar-refractivity contribution in [2.24, 2.45) is 0 Å². The van der Waals surface area contributed by atoms with E-state index < -0.39 is 17.6 Å². The zero-order chi connectivity index (χ0) is 18.6. The Bertz CT molecular complexity index is 635. The van der Waals surface area contributed by atoms with Gasteiger partial charge in [-0.25, -0.2) is 0 Å². The van der Waals surface area contributed by atoms with Crippen molar-refractivity contribution in [3.8, 4) is 0 Å². The molecule has 0 aromatic heterocycles. The van der Waals surface area contributed by atoms with Gasteiger partial charge in [-0.2, -0.15) is 13.2 Å². The van der Waals surface area contributed by atoms with Gasteiger partial charge in [-0.1, -0.05) is 45.2 Å². The number of carbonyl (C=O) groups is 1. The number of benzene rings is 1. The van der Waals surface area contributed by atoms with Gasteiger partial charge in [-0.15, -0.1) is 0 Å². The molecule has 6 heteroatoms. The van der Waals surface area contributed by atoms with E-state index in [1.54, 1.807) is 4.90 Å². The second-order valence-electron chi connectivity index (χ2n) is 6.32. The van der Waals surface area contributed by atoms with Gasteiger partial charge in [0.25, 0.3) is 5.91 Å². The van der Waals surface area contributed by atoms with Crippen molar-refractivity contribution in [1.29, 1.82) is 0 Å². The Hall–Kier alpha value is -1.98. The van der Waals surface area contributed by atoms with E-state index in [-0.39, 0.29) is 11.8 Å². The first-order valence-electron chi connectivity index (χ1n) is 8.73. The molecule has 0 aliphatic carbocycles. The van der Waals surface area contributed by atoms with Crippen molar-refractivity contribution in [2.45, 2.75) is 58.2 Å². The standard InChI is InChI=1S/C19H24F3NO2/c1-3-5-6-7-12-23-15(4-2)16(17(24)18(23)25)13-8-10-14(11-9-13)19(20,21)22/h8-11,15,24H,3-7,12H2,1-2H3. The average Bonchev–Trinajstić information content (AvgIpc) is 2.82. The second-order valence-corrected chi connectivity index (χ2v) is 6.32. The molecule has 0 spiro atoms. The smallest absolute Gasteiger partial charge is 0.416 e. The van der Waals surface area contributed by atoms with E-state index in [0.29, 0.717) is 24.1 Å². The van der Waals surface area contributed by atoms with Gasteiger partial charge >= 0.3 is 6.18 Å². The van der Waals surface area contributed by atoms with Gasteiger partial charge in [-0.3, -0.25) is 4.79 Å². The molecule has 1 aromatic rings. The van der Waals surface area contributed by atoms with Crippen LogP contribution >= 0.6 is 0 Å². The van der Waals surface area contributed by atoms with Crippen LogP contribution < -0.4 is 0 Å². The lowest BCUT2D eigenvalue weighted by Gasteiger charge is -2.26. The summed E-state index contributed by atoms with van der Waals surface area (Å²) < 4.78 is 38.2. The number of unbranched alkanes of at least 4 members (excludes halogenated alkanes) is 3. The Labute approximate surface area is 146 Å². The van der Waals surface area contributed by atoms with Gasteiger partial charge in [0.15, 0.2) is 5.76 Å². The number of amides is 1. The SMILES string of the molecule is CCCCCCN1C(=O)C(O)=C(c2ccc(C(F)(F)F)cc2)C1CC. The third-order valence-corrected chi connectivity index (χ3v) is 4.59. The third-order valence-electron chi connectivity index (χ3n) is 4.59. The summed E-state index contributed by atoms with van der Waals surface area (Å²) in [5.41, 5.74) is 0.142. The molecule has 1 amide bonds. The summed E-state index contributed by atoms with van der Waals surface area (Å²) in [7, 11) is 0. The highest BCUT2D eigenvalue weighted by molar-refractivity contribution is 6.05. The molecule has 25 heavy (non-hydrogen) atoms. The Morgan fingerprint density at radius 1 is 1.08 bits per heavy atom. The summed E-state index contributed by atoms with van der Waals surface area (Å²) in [6.07, 6.45) is 0.224. The quantitative estimate of drug-likeness (QED) is 0.685. The van der Waals surface area contributed by atoms with Crippen LogP contribution in [0.1, 0.15) is 57.1 Å². The van der Waals surface area contributed by atoms with Gasteiger partial charge in [0, 0.05) is 12.1 Å². The number of rotatable bonds is 7. The van der Waals surface area contributed by atoms with Gasteiger partial charge in [0.1, 0.15) is 0 Å². The summed E-state index contributed by atoms with van der Waals surface area (Å²) in [6, 6.07) is 4.31. The molecular formula is C19H24F3NO2. The summed E-state index contributed by atoms with van der Waals surface area (Å²) >= 11 is 0. The van der Waals surface area contributed by atoms with Crippen LogP contribution in [0.3, 0.4) is 0 Å². The Morgan fingerprint density at radius 2 is 1.72 bits per heavy atom. The molecule has 0 saturated heterocycles. The van der Waals surface area contributed by atoms with E-state index >= 15 is 0 Å². The number of hydrogen-bond acceptors (Lipinski definition) is 2. The maximum atomic E-state index is 12.7. The topological polar surface area (TPSA) is 40.5 Å². The lowest BCUT2D eigenvalue weighted by Crippen LogP contribution is -2.36. The van der Waals surface area contributed by atoms with Gasteiger partial charge in [0.05, 0.1) is 11.6 Å². The molecule has 0 bridgehead atoms. The average molecular weight is 355 g/mol. The fraction of sp³-hybridized carbons (Fsp3) is 0.526. The number of halogens is 3. The van der Waals surface area contributed by atoms with Crippen LogP contribution in [0.4, 0.5) is 13.2 Å². The van der Waals surface area contributed by atoms with Crippen LogP contribution in [0, 0.1) is 0 Å². The fourth-order valence-electron chi connectivity index (χ4n) is 3.27. The van der Waals surface area contributed by atoms with Gasteiger partial charge in [-0.05, 0) is 30.5 Å². The summed E-state index contributed by atoms with van der Waals surface area (Å²) in [4.78, 5) is 14.0. The second kappa shape index (κ2) is 7.93. The van der Waals surface area contributed by atoms with Crippen LogP contribution in [0.2, 0.25) is 0 Å². The van der Waals surface area contributed by atoms with E-state index in [4.69, 9.17) is 0 Å². The van der Waals surface area contributed by atoms with E-state index in [0.717, 1.165) is 37.8 Å². The molecule has 1 aromatic carbocycles. The molecule has 3 nitrogen and oxygen atoms in total. The molecule has 1 aliphatic rings. The molecule has 0 radical (unpaired) electrons. The van der Waals surface area contributed by atoms with Gasteiger partial charge < -0.3 is 10.0 Å². The Balaban J connectivity index is 2.22. The maximum absolute atomic E-state index is 12.7. The van der Waals surface area contributed by atoms with Crippen LogP contribution in [-0.2, 0) is 11.0 Å². The van der Waals surface area contributed by atoms with Crippen molar-refractivity contribution in [3.63, 3.8) is 0 Å². The normalized spacial score (nSPS) is 18.4. The molecule has 0 fully saturated rings. The predicted molar refractivity (Wildman–Crippen MR) is 90.9 cm³/mol. The molecule has 1 heterocycles. The van der Waals surface area contributed by atoms with Crippen LogP contribution in [0.15, 0.2) is 30.0 Å². The number of nitrogens with zero attached hydrogens (tertiary/aromatic N) is 1. The fourth-order valence-corrected chi connectivity index (χ4v) is 3.27. The highest BCUT2D eigenvalue weighted by Crippen LogP contribution is 2.36. The molecule has 1 atom stereocenters. The number of alkyl halides is 3. The van der Waals surface area contributed by atoms with Gasteiger partial charge in [0.2, 0.25) is 0 Å². The van der Waals surface area contributed by atoms with E-state index in [1.165, 1.54) is 12.1 Å². The lowest BCUT2D eigenvalue weighted by molar-refractivity contribution is -0.137. The zero-order valence-electron chi connectivity index (χ0n) is 14.6. The lowest BCUT2D eigenvalue weighted by atomic mass is 9.96. The first-order chi connectivity index (χ1) is 11.8. The Morgan fingerprint density at radius 3 is 2.24 bits per heavy atom. The Kier molecular flexibility index (Phi) is 6.14. The minimum atomic E-state index is -4.41. The molecule has 138 valence electrons. The highest BCUT2D eigenvalue weighted by Gasteiger charge is 2.39. The first kappa shape index (κ1) is 19.3. The highest BCUT2D eigenvalue weighted by atomic mass is 19.4. The number of hydrogen-bond donors (Lipinski definition) is 1. The van der Waals surface area contributed by atoms with Crippen LogP contribution in [0.25, 0.3) is 5.57 Å². The summed E-state index contributed by atoms with van der Waals surface area (Å²) in [5, 5.41) is 10.3. The zero-order valence-corrected chi connectivity index (χ0v) is 14.6. The molecule has 0 saturated carbocycles. The van der Waals surface area contributed by atoms with Crippen molar-refractivity contribution >= 4 is 11.5 Å². The van der Waals surface area contributed by atoms with Crippen molar-refractivity contribution in [2.75, 3.05) is 6.54 Å². The van der Waals surface area contributed by atoms with Crippen LogP contribution in [0.5, 0.6) is 0 Å². The van der Waals surface area contributed by atoms with E-state index in [1.807, 2.05) is 6.92 Å². The largest absolute Gasteiger partial charge is 0.503 e. The molecule has 1 N–H and O–H groups in total. The van der Waals surface area contributed by atoms with Crippen molar-refractivity contribution < 1.29 is 23.1 Å². The summed E-state index contributed by atoms with van der Waals surface area (Å²) in [6.45, 7) is 4.55. The van der Waals surface area contributed by atoms with E-state index in [2.05, 4.69) is 6.92 Å². The van der Waals surface area contributed by atoms with Crippen molar-refractivity contribution in [1.82, 2.24) is 4.90 Å². The maximum Gasteiger partial charge on any atom is 0.416 e. The van der Waals surface area contributed by atoms with Crippen LogP contribution in [-0.4, -0.2) is 28.5 Å². The number of carbonyl (C=O) groups excluding carboxylic acids is 1. The molecule has 1 unspecified atom stereocenters. The molecule has 2 rings (SSSR count). The minimum absolute atomic E-state index is 0.300. The molecule has 1 aliphatic heterocycles. The monoisotopic (exact) mass is 355 g/mol. The minimum Gasteiger partial charge on any atom is -0.503 e. The number of aliphatic hydroxyl groups excluding tert-OH is 1. The third kappa shape index (κ3) is 4.17. The first-order valence-corrected chi connectivity index (χ1v) is 8.73. The predicted octanol–water partition coefficient (Wildman–Crippen LogP) is 5.18. The number of aliphatic hydroxyl groups is 1. The summed E-state index contributed by atoms with van der Waals surface area (Å²) in [5.74, 6) is -0.777.